The molecular weight excluding hydrogens is 408 g/mol. The number of sulfonamides is 1. The predicted molar refractivity (Wildman–Crippen MR) is 106 cm³/mol. The lowest BCUT2D eigenvalue weighted by atomic mass is 9.97. The van der Waals surface area contributed by atoms with Crippen molar-refractivity contribution in [1.82, 2.24) is 14.5 Å². The molecule has 2 fully saturated rings. The van der Waals surface area contributed by atoms with Crippen LogP contribution >= 0.6 is 12.4 Å². The van der Waals surface area contributed by atoms with Crippen LogP contribution in [0, 0.1) is 16.0 Å². The summed E-state index contributed by atoms with van der Waals surface area (Å²) in [6, 6.07) is 4.95. The highest BCUT2D eigenvalue weighted by Gasteiger charge is 2.36. The number of nitrogens with one attached hydrogen (secondary N) is 1. The maximum Gasteiger partial charge on any atom is 0.269 e. The highest BCUT2D eigenvalue weighted by atomic mass is 35.5. The Labute approximate surface area is 170 Å². The van der Waals surface area contributed by atoms with Gasteiger partial charge in [-0.05, 0) is 31.9 Å². The molecule has 3 rings (SSSR count). The summed E-state index contributed by atoms with van der Waals surface area (Å²) in [5.74, 6) is -0.347. The van der Waals surface area contributed by atoms with Gasteiger partial charge in [-0.3, -0.25) is 14.9 Å². The van der Waals surface area contributed by atoms with E-state index >= 15 is 0 Å². The summed E-state index contributed by atoms with van der Waals surface area (Å²) in [6.45, 7) is 4.59. The van der Waals surface area contributed by atoms with Crippen molar-refractivity contribution < 1.29 is 18.1 Å². The molecule has 1 aromatic carbocycles. The minimum absolute atomic E-state index is 0. The maximum atomic E-state index is 12.9. The van der Waals surface area contributed by atoms with Crippen LogP contribution in [0.15, 0.2) is 29.2 Å². The van der Waals surface area contributed by atoms with E-state index in [1.54, 1.807) is 0 Å². The molecule has 0 aromatic heterocycles. The number of piperazine rings is 1. The van der Waals surface area contributed by atoms with Gasteiger partial charge in [0.15, 0.2) is 0 Å². The van der Waals surface area contributed by atoms with E-state index in [1.807, 2.05) is 11.8 Å². The zero-order chi connectivity index (χ0) is 19.6. The molecule has 1 N–H and O–H groups in total. The molecule has 9 nitrogen and oxygen atoms in total. The fraction of sp³-hybridized carbons (Fsp3) is 0.588. The lowest BCUT2D eigenvalue weighted by Crippen LogP contribution is -2.55. The molecule has 0 radical (unpaired) electrons. The highest BCUT2D eigenvalue weighted by molar-refractivity contribution is 7.89. The molecule has 0 bridgehead atoms. The molecule has 2 saturated heterocycles. The van der Waals surface area contributed by atoms with Crippen molar-refractivity contribution in [1.29, 1.82) is 0 Å². The first-order valence-electron chi connectivity index (χ1n) is 9.06. The van der Waals surface area contributed by atoms with Gasteiger partial charge in [-0.15, -0.1) is 12.4 Å². The molecule has 2 atom stereocenters. The minimum atomic E-state index is -3.79. The normalized spacial score (nSPS) is 23.7. The van der Waals surface area contributed by atoms with Crippen LogP contribution in [0.2, 0.25) is 0 Å². The largest absolute Gasteiger partial charge is 0.337 e. The number of carbonyl (C=O) groups is 1. The van der Waals surface area contributed by atoms with Crippen molar-refractivity contribution in [3.05, 3.63) is 34.4 Å². The Balaban J connectivity index is 0.00000280. The van der Waals surface area contributed by atoms with Gasteiger partial charge in [-0.25, -0.2) is 8.42 Å². The standard InChI is InChI=1S/C17H24N4O5S.ClH/c1-13-11-18-8-10-20(13)17(22)14-3-2-9-19(12-14)27(25,26)16-6-4-15(5-7-16)21(23)24;/h4-7,13-14,18H,2-3,8-12H2,1H3;1H/t13-,14?;/m0./s1. The number of non-ortho nitro benzene ring substituents is 1. The van der Waals surface area contributed by atoms with E-state index in [4.69, 9.17) is 0 Å². The molecule has 2 aliphatic heterocycles. The van der Waals surface area contributed by atoms with Gasteiger partial charge in [0.1, 0.15) is 0 Å². The summed E-state index contributed by atoms with van der Waals surface area (Å²) in [7, 11) is -3.79. The highest BCUT2D eigenvalue weighted by Crippen LogP contribution is 2.26. The average molecular weight is 433 g/mol. The maximum absolute atomic E-state index is 12.9. The van der Waals surface area contributed by atoms with Crippen molar-refractivity contribution in [2.24, 2.45) is 5.92 Å². The zero-order valence-electron chi connectivity index (χ0n) is 15.6. The first kappa shape index (κ1) is 22.5. The van der Waals surface area contributed by atoms with Gasteiger partial charge in [0.2, 0.25) is 15.9 Å². The Bertz CT molecular complexity index is 817. The number of rotatable bonds is 4. The number of nitrogens with zero attached hydrogens (tertiary/aromatic N) is 3. The van der Waals surface area contributed by atoms with Gasteiger partial charge in [0.25, 0.3) is 5.69 Å². The molecule has 28 heavy (non-hydrogen) atoms. The second kappa shape index (κ2) is 9.17. The van der Waals surface area contributed by atoms with Crippen molar-refractivity contribution >= 4 is 34.0 Å². The van der Waals surface area contributed by atoms with Crippen molar-refractivity contribution in [2.75, 3.05) is 32.7 Å². The number of amides is 1. The zero-order valence-corrected chi connectivity index (χ0v) is 17.2. The third kappa shape index (κ3) is 4.62. The van der Waals surface area contributed by atoms with E-state index in [0.29, 0.717) is 25.9 Å². The van der Waals surface area contributed by atoms with Gasteiger partial charge in [-0.2, -0.15) is 4.31 Å². The third-order valence-electron chi connectivity index (χ3n) is 5.20. The van der Waals surface area contributed by atoms with E-state index < -0.39 is 14.9 Å². The van der Waals surface area contributed by atoms with Crippen molar-refractivity contribution in [3.8, 4) is 0 Å². The van der Waals surface area contributed by atoms with Crippen molar-refractivity contribution in [3.63, 3.8) is 0 Å². The Morgan fingerprint density at radius 2 is 1.93 bits per heavy atom. The van der Waals surface area contributed by atoms with Crippen LogP contribution in [-0.4, -0.2) is 67.2 Å². The number of hydrogen-bond donors (Lipinski definition) is 1. The molecule has 1 amide bonds. The minimum Gasteiger partial charge on any atom is -0.337 e. The second-order valence-corrected chi connectivity index (χ2v) is 8.98. The molecule has 2 heterocycles. The smallest absolute Gasteiger partial charge is 0.269 e. The number of benzene rings is 1. The fourth-order valence-electron chi connectivity index (χ4n) is 3.65. The Morgan fingerprint density at radius 3 is 2.54 bits per heavy atom. The van der Waals surface area contributed by atoms with Crippen molar-refractivity contribution in [2.45, 2.75) is 30.7 Å². The lowest BCUT2D eigenvalue weighted by molar-refractivity contribution is -0.384. The summed E-state index contributed by atoms with van der Waals surface area (Å²) in [6.07, 6.45) is 1.28. The molecule has 11 heteroatoms. The van der Waals surface area contributed by atoms with Crippen LogP contribution in [0.1, 0.15) is 19.8 Å². The average Bonchev–Trinajstić information content (AvgIpc) is 2.68. The number of hydrogen-bond acceptors (Lipinski definition) is 6. The van der Waals surface area contributed by atoms with Crippen LogP contribution in [0.5, 0.6) is 0 Å². The number of piperidine rings is 1. The van der Waals surface area contributed by atoms with E-state index in [-0.39, 0.29) is 47.4 Å². The van der Waals surface area contributed by atoms with Gasteiger partial charge >= 0.3 is 0 Å². The predicted octanol–water partition coefficient (Wildman–Crippen LogP) is 1.24. The van der Waals surface area contributed by atoms with E-state index in [2.05, 4.69) is 5.32 Å². The van der Waals surface area contributed by atoms with E-state index in [0.717, 1.165) is 13.1 Å². The van der Waals surface area contributed by atoms with E-state index in [9.17, 15) is 23.3 Å². The first-order valence-corrected chi connectivity index (χ1v) is 10.5. The summed E-state index contributed by atoms with van der Waals surface area (Å²) in [5, 5.41) is 14.0. The van der Waals surface area contributed by atoms with Gasteiger partial charge in [0.05, 0.1) is 15.7 Å². The van der Waals surface area contributed by atoms with Gasteiger partial charge in [0, 0.05) is 50.9 Å². The summed E-state index contributed by atoms with van der Waals surface area (Å²) >= 11 is 0. The Hall–Kier alpha value is -1.75. The second-order valence-electron chi connectivity index (χ2n) is 7.04. The molecule has 1 unspecified atom stereocenters. The van der Waals surface area contributed by atoms with Crippen LogP contribution in [0.25, 0.3) is 0 Å². The summed E-state index contributed by atoms with van der Waals surface area (Å²) in [5.41, 5.74) is -0.159. The molecule has 0 aliphatic carbocycles. The molecular formula is C17H25ClN4O5S. The molecule has 0 spiro atoms. The lowest BCUT2D eigenvalue weighted by Gasteiger charge is -2.39. The van der Waals surface area contributed by atoms with Gasteiger partial charge in [-0.1, -0.05) is 0 Å². The monoisotopic (exact) mass is 432 g/mol. The molecule has 0 saturated carbocycles. The molecule has 2 aliphatic rings. The first-order chi connectivity index (χ1) is 12.8. The SMILES string of the molecule is C[C@H]1CNCCN1C(=O)C1CCCN(S(=O)(=O)c2ccc([N+](=O)[O-])cc2)C1.Cl. The van der Waals surface area contributed by atoms with E-state index in [1.165, 1.54) is 28.6 Å². The van der Waals surface area contributed by atoms with Crippen LogP contribution < -0.4 is 5.32 Å². The summed E-state index contributed by atoms with van der Waals surface area (Å²) < 4.78 is 27.1. The van der Waals surface area contributed by atoms with Gasteiger partial charge < -0.3 is 10.2 Å². The quantitative estimate of drug-likeness (QED) is 0.565. The van der Waals surface area contributed by atoms with Crippen LogP contribution in [0.3, 0.4) is 0 Å². The third-order valence-corrected chi connectivity index (χ3v) is 7.08. The molecule has 1 aromatic rings. The topological polar surface area (TPSA) is 113 Å². The number of nitro groups is 1. The Kier molecular flexibility index (Phi) is 7.38. The Morgan fingerprint density at radius 1 is 1.25 bits per heavy atom. The number of carbonyl (C=O) groups excluding carboxylic acids is 1. The summed E-state index contributed by atoms with van der Waals surface area (Å²) in [4.78, 5) is 24.9. The van der Waals surface area contributed by atoms with Crippen LogP contribution in [0.4, 0.5) is 5.69 Å². The fourth-order valence-corrected chi connectivity index (χ4v) is 5.18. The van der Waals surface area contributed by atoms with Crippen LogP contribution in [-0.2, 0) is 14.8 Å². The number of halogens is 1. The number of nitro benzene ring substituents is 1. The molecule has 156 valence electrons.